The largest absolute Gasteiger partial charge is 0.357 e. The topological polar surface area (TPSA) is 96.6 Å². The average molecular weight is 484 g/mol. The Labute approximate surface area is 165 Å². The third kappa shape index (κ3) is 8.04. The molecule has 24 heavy (non-hydrogen) atoms. The zero-order valence-electron chi connectivity index (χ0n) is 13.7. The standard InChI is InChI=1S/C15H24N4O2S2.HI/c1-2-17-14(18-10-11-23(16,20)21)19-12-15(8-9-15)22-13-6-4-3-5-7-13;/h3-7H,2,8-12H2,1H3,(H2,16,20,21)(H2,17,18,19);1H. The Morgan fingerprint density at radius 3 is 2.50 bits per heavy atom. The molecule has 4 N–H and O–H groups in total. The lowest BCUT2D eigenvalue weighted by Crippen LogP contribution is -2.40. The number of rotatable bonds is 8. The molecule has 1 aromatic carbocycles. The highest BCUT2D eigenvalue weighted by Gasteiger charge is 2.43. The predicted molar refractivity (Wildman–Crippen MR) is 112 cm³/mol. The molecule has 136 valence electrons. The maximum absolute atomic E-state index is 11.0. The van der Waals surface area contributed by atoms with E-state index >= 15 is 0 Å². The van der Waals surface area contributed by atoms with Gasteiger partial charge in [-0.1, -0.05) is 18.2 Å². The Kier molecular flexibility index (Phi) is 8.82. The second kappa shape index (κ2) is 9.83. The molecule has 1 aliphatic rings. The van der Waals surface area contributed by atoms with Gasteiger partial charge in [-0.2, -0.15) is 0 Å². The molecule has 0 amide bonds. The van der Waals surface area contributed by atoms with Crippen molar-refractivity contribution in [3.8, 4) is 0 Å². The Hall–Kier alpha value is -0.520. The minimum Gasteiger partial charge on any atom is -0.357 e. The second-order valence-electron chi connectivity index (χ2n) is 5.59. The van der Waals surface area contributed by atoms with E-state index in [-0.39, 0.29) is 41.0 Å². The maximum atomic E-state index is 11.0. The highest BCUT2D eigenvalue weighted by Crippen LogP contribution is 2.51. The fourth-order valence-corrected chi connectivity index (χ4v) is 3.66. The first-order valence-electron chi connectivity index (χ1n) is 7.69. The van der Waals surface area contributed by atoms with Gasteiger partial charge in [0.25, 0.3) is 0 Å². The number of nitrogens with two attached hydrogens (primary N) is 1. The summed E-state index contributed by atoms with van der Waals surface area (Å²) < 4.78 is 22.1. The molecular formula is C15H25IN4O2S2. The van der Waals surface area contributed by atoms with Gasteiger partial charge in [-0.15, -0.1) is 35.7 Å². The van der Waals surface area contributed by atoms with Gasteiger partial charge in [-0.25, -0.2) is 13.6 Å². The van der Waals surface area contributed by atoms with E-state index in [2.05, 4.69) is 27.8 Å². The Balaban J connectivity index is 0.00000288. The number of halogens is 1. The SMILES string of the molecule is CCNC(=NCC1(Sc2ccccc2)CC1)NCCS(N)(=O)=O.I. The van der Waals surface area contributed by atoms with Crippen LogP contribution in [0, 0.1) is 0 Å². The van der Waals surface area contributed by atoms with E-state index in [0.717, 1.165) is 19.4 Å². The monoisotopic (exact) mass is 484 g/mol. The van der Waals surface area contributed by atoms with Crippen molar-refractivity contribution in [2.24, 2.45) is 10.1 Å². The van der Waals surface area contributed by atoms with Crippen LogP contribution in [0.15, 0.2) is 40.2 Å². The van der Waals surface area contributed by atoms with Crippen LogP contribution in [0.1, 0.15) is 19.8 Å². The number of primary sulfonamides is 1. The van der Waals surface area contributed by atoms with Gasteiger partial charge in [0.2, 0.25) is 10.0 Å². The molecule has 1 fully saturated rings. The van der Waals surface area contributed by atoms with E-state index < -0.39 is 10.0 Å². The van der Waals surface area contributed by atoms with E-state index in [1.165, 1.54) is 4.90 Å². The van der Waals surface area contributed by atoms with E-state index in [1.54, 1.807) is 0 Å². The van der Waals surface area contributed by atoms with Crippen molar-refractivity contribution in [2.75, 3.05) is 25.4 Å². The summed E-state index contributed by atoms with van der Waals surface area (Å²) in [4.78, 5) is 5.86. The molecule has 0 aliphatic heterocycles. The number of sulfonamides is 1. The van der Waals surface area contributed by atoms with Crippen molar-refractivity contribution in [2.45, 2.75) is 29.4 Å². The molecule has 1 aliphatic carbocycles. The number of thioether (sulfide) groups is 1. The fourth-order valence-electron chi connectivity index (χ4n) is 2.05. The summed E-state index contributed by atoms with van der Waals surface area (Å²) in [5, 5.41) is 11.1. The molecule has 0 atom stereocenters. The molecule has 0 aromatic heterocycles. The average Bonchev–Trinajstić information content (AvgIpc) is 3.24. The molecule has 2 rings (SSSR count). The second-order valence-corrected chi connectivity index (χ2v) is 8.86. The van der Waals surface area contributed by atoms with Crippen LogP contribution in [-0.2, 0) is 10.0 Å². The van der Waals surface area contributed by atoms with Crippen molar-refractivity contribution in [1.82, 2.24) is 10.6 Å². The molecule has 0 bridgehead atoms. The molecule has 0 saturated heterocycles. The number of benzene rings is 1. The van der Waals surface area contributed by atoms with Gasteiger partial charge < -0.3 is 10.6 Å². The summed E-state index contributed by atoms with van der Waals surface area (Å²) in [6.07, 6.45) is 2.29. The highest BCUT2D eigenvalue weighted by molar-refractivity contribution is 14.0. The van der Waals surface area contributed by atoms with Gasteiger partial charge in [0.05, 0.1) is 12.3 Å². The van der Waals surface area contributed by atoms with Crippen LogP contribution in [-0.4, -0.2) is 44.5 Å². The lowest BCUT2D eigenvalue weighted by atomic mass is 10.4. The minimum atomic E-state index is -3.46. The van der Waals surface area contributed by atoms with Crippen molar-refractivity contribution >= 4 is 51.7 Å². The van der Waals surface area contributed by atoms with Gasteiger partial charge in [0, 0.05) is 22.7 Å². The lowest BCUT2D eigenvalue weighted by Gasteiger charge is -2.15. The smallest absolute Gasteiger partial charge is 0.210 e. The van der Waals surface area contributed by atoms with Crippen molar-refractivity contribution in [3.05, 3.63) is 30.3 Å². The summed E-state index contributed by atoms with van der Waals surface area (Å²) in [6.45, 7) is 3.66. The third-order valence-electron chi connectivity index (χ3n) is 3.43. The van der Waals surface area contributed by atoms with Crippen molar-refractivity contribution in [3.63, 3.8) is 0 Å². The van der Waals surface area contributed by atoms with Crippen LogP contribution in [0.2, 0.25) is 0 Å². The van der Waals surface area contributed by atoms with Gasteiger partial charge in [0.15, 0.2) is 5.96 Å². The van der Waals surface area contributed by atoms with Crippen LogP contribution < -0.4 is 15.8 Å². The summed E-state index contributed by atoms with van der Waals surface area (Å²) in [6, 6.07) is 10.3. The van der Waals surface area contributed by atoms with Gasteiger partial charge in [-0.3, -0.25) is 4.99 Å². The zero-order chi connectivity index (χ0) is 16.8. The Morgan fingerprint density at radius 2 is 1.96 bits per heavy atom. The van der Waals surface area contributed by atoms with Crippen LogP contribution in [0.25, 0.3) is 0 Å². The predicted octanol–water partition coefficient (Wildman–Crippen LogP) is 1.77. The first-order chi connectivity index (χ1) is 10.9. The van der Waals surface area contributed by atoms with E-state index in [0.29, 0.717) is 12.5 Å². The van der Waals surface area contributed by atoms with Gasteiger partial charge in [0.1, 0.15) is 0 Å². The van der Waals surface area contributed by atoms with E-state index in [1.807, 2.05) is 36.9 Å². The fraction of sp³-hybridized carbons (Fsp3) is 0.533. The van der Waals surface area contributed by atoms with E-state index in [4.69, 9.17) is 5.14 Å². The quantitative estimate of drug-likeness (QED) is 0.297. The van der Waals surface area contributed by atoms with E-state index in [9.17, 15) is 8.42 Å². The number of hydrogen-bond donors (Lipinski definition) is 3. The molecule has 0 spiro atoms. The third-order valence-corrected chi connectivity index (χ3v) is 5.69. The number of nitrogens with one attached hydrogen (secondary N) is 2. The van der Waals surface area contributed by atoms with Gasteiger partial charge >= 0.3 is 0 Å². The molecule has 1 saturated carbocycles. The van der Waals surface area contributed by atoms with Crippen LogP contribution in [0.4, 0.5) is 0 Å². The number of aliphatic imine (C=N–C) groups is 1. The van der Waals surface area contributed by atoms with Gasteiger partial charge in [-0.05, 0) is 31.9 Å². The van der Waals surface area contributed by atoms with Crippen LogP contribution >= 0.6 is 35.7 Å². The zero-order valence-corrected chi connectivity index (χ0v) is 17.7. The molecule has 0 unspecified atom stereocenters. The summed E-state index contributed by atoms with van der Waals surface area (Å²) in [5.74, 6) is 0.525. The molecule has 1 aromatic rings. The molecule has 0 heterocycles. The number of hydrogen-bond acceptors (Lipinski definition) is 4. The Bertz CT molecular complexity index is 634. The minimum absolute atomic E-state index is 0. The molecule has 0 radical (unpaired) electrons. The molecule has 6 nitrogen and oxygen atoms in total. The van der Waals surface area contributed by atoms with Crippen LogP contribution in [0.5, 0.6) is 0 Å². The van der Waals surface area contributed by atoms with Crippen molar-refractivity contribution < 1.29 is 8.42 Å². The number of guanidine groups is 1. The summed E-state index contributed by atoms with van der Waals surface area (Å²) >= 11 is 1.87. The summed E-state index contributed by atoms with van der Waals surface area (Å²) in [5.41, 5.74) is 0. The first kappa shape index (κ1) is 21.5. The first-order valence-corrected chi connectivity index (χ1v) is 10.2. The number of nitrogens with zero attached hydrogens (tertiary/aromatic N) is 1. The van der Waals surface area contributed by atoms with Crippen LogP contribution in [0.3, 0.4) is 0 Å². The molecular weight excluding hydrogens is 459 g/mol. The van der Waals surface area contributed by atoms with Crippen molar-refractivity contribution in [1.29, 1.82) is 0 Å². The summed E-state index contributed by atoms with van der Waals surface area (Å²) in [7, 11) is -3.46. The maximum Gasteiger partial charge on any atom is 0.210 e. The lowest BCUT2D eigenvalue weighted by molar-refractivity contribution is 0.596. The highest BCUT2D eigenvalue weighted by atomic mass is 127. The molecule has 9 heteroatoms. The normalized spacial score (nSPS) is 16.2. The Morgan fingerprint density at radius 1 is 1.29 bits per heavy atom.